The Hall–Kier alpha value is -1.81. The zero-order chi connectivity index (χ0) is 14.8. The summed E-state index contributed by atoms with van der Waals surface area (Å²) in [6.45, 7) is 1.91. The molecule has 3 rings (SSSR count). The van der Waals surface area contributed by atoms with Crippen molar-refractivity contribution >= 4 is 22.4 Å². The summed E-state index contributed by atoms with van der Waals surface area (Å²) < 4.78 is 0. The minimum atomic E-state index is -0.375. The number of hydrogen-bond acceptors (Lipinski definition) is 2. The first-order valence-electron chi connectivity index (χ1n) is 6.72. The predicted octanol–water partition coefficient (Wildman–Crippen LogP) is 0.478. The van der Waals surface area contributed by atoms with Crippen molar-refractivity contribution in [1.29, 1.82) is 0 Å². The Morgan fingerprint density at radius 3 is 2.23 bits per heavy atom. The maximum atomic E-state index is 12.3. The zero-order valence-electron chi connectivity index (χ0n) is 12.6. The van der Waals surface area contributed by atoms with Crippen molar-refractivity contribution < 1.29 is 39.5 Å². The van der Waals surface area contributed by atoms with E-state index in [4.69, 9.17) is 0 Å². The summed E-state index contributed by atoms with van der Waals surface area (Å²) in [6.07, 6.45) is 0. The molecule has 3 nitrogen and oxygen atoms in total. The van der Waals surface area contributed by atoms with E-state index < -0.39 is 0 Å². The molecule has 4 heteroatoms. The van der Waals surface area contributed by atoms with Crippen LogP contribution < -0.4 is 40.0 Å². The maximum Gasteiger partial charge on any atom is 1.00 e. The first-order chi connectivity index (χ1) is 10.1. The molecule has 22 heavy (non-hydrogen) atoms. The number of fused-ring (bicyclic) bond motifs is 1. The van der Waals surface area contributed by atoms with Crippen LogP contribution >= 0.6 is 0 Å². The van der Waals surface area contributed by atoms with Crippen molar-refractivity contribution in [2.24, 2.45) is 0 Å². The van der Waals surface area contributed by atoms with Gasteiger partial charge in [0.2, 0.25) is 0 Å². The fourth-order valence-corrected chi connectivity index (χ4v) is 2.30. The Morgan fingerprint density at radius 1 is 0.955 bits per heavy atom. The largest absolute Gasteiger partial charge is 1.00 e. The number of nitrogens with one attached hydrogen (secondary N) is 1. The van der Waals surface area contributed by atoms with Gasteiger partial charge < -0.3 is 10.4 Å². The van der Waals surface area contributed by atoms with Crippen LogP contribution in [0, 0.1) is 6.92 Å². The summed E-state index contributed by atoms with van der Waals surface area (Å²) in [6, 6.07) is 18.1. The second kappa shape index (κ2) is 6.97. The molecule has 0 heterocycles. The van der Waals surface area contributed by atoms with E-state index >= 15 is 0 Å². The molecule has 0 spiro atoms. The maximum absolute atomic E-state index is 12.3. The van der Waals surface area contributed by atoms with Crippen molar-refractivity contribution in [3.63, 3.8) is 0 Å². The molecule has 0 aliphatic rings. The van der Waals surface area contributed by atoms with Gasteiger partial charge in [0.1, 0.15) is 0 Å². The second-order valence-electron chi connectivity index (χ2n) is 4.96. The molecule has 0 atom stereocenters. The molecule has 3 aromatic rings. The summed E-state index contributed by atoms with van der Waals surface area (Å²) in [7, 11) is 0. The number of benzene rings is 3. The standard InChI is InChI=1S/C18H15NO2.Na/c1-12-6-2-5-9-16(12)19-18(21)15-10-13-7-3-4-8-14(13)11-17(15)20;/h2-11,20H,1H3,(H,19,21);/q;+1/p-1. The molecule has 0 fully saturated rings. The number of rotatable bonds is 2. The molecule has 0 radical (unpaired) electrons. The average Bonchev–Trinajstić information content (AvgIpc) is 2.49. The fraction of sp³-hybridized carbons (Fsp3) is 0.0556. The Kier molecular flexibility index (Phi) is 5.24. The van der Waals surface area contributed by atoms with Gasteiger partial charge in [-0.1, -0.05) is 54.3 Å². The Morgan fingerprint density at radius 2 is 1.55 bits per heavy atom. The minimum Gasteiger partial charge on any atom is -0.872 e. The van der Waals surface area contributed by atoms with E-state index in [1.54, 1.807) is 6.07 Å². The van der Waals surface area contributed by atoms with Crippen LogP contribution in [0.15, 0.2) is 60.7 Å². The van der Waals surface area contributed by atoms with Crippen LogP contribution in [0.4, 0.5) is 5.69 Å². The van der Waals surface area contributed by atoms with E-state index in [-0.39, 0.29) is 46.8 Å². The quantitative estimate of drug-likeness (QED) is 0.700. The number of carbonyl (C=O) groups is 1. The summed E-state index contributed by atoms with van der Waals surface area (Å²) >= 11 is 0. The minimum absolute atomic E-state index is 0. The van der Waals surface area contributed by atoms with Crippen LogP contribution in [-0.2, 0) is 0 Å². The first-order valence-corrected chi connectivity index (χ1v) is 6.72. The molecular weight excluding hydrogens is 285 g/mol. The van der Waals surface area contributed by atoms with E-state index in [0.717, 1.165) is 22.0 Å². The zero-order valence-corrected chi connectivity index (χ0v) is 14.6. The van der Waals surface area contributed by atoms with Gasteiger partial charge in [0, 0.05) is 11.3 Å². The number of para-hydroxylation sites is 1. The van der Waals surface area contributed by atoms with Gasteiger partial charge in [-0.25, -0.2) is 0 Å². The van der Waals surface area contributed by atoms with Crippen molar-refractivity contribution in [3.05, 3.63) is 71.8 Å². The molecule has 0 unspecified atom stereocenters. The molecule has 0 bridgehead atoms. The average molecular weight is 299 g/mol. The number of anilines is 1. The molecule has 0 aliphatic carbocycles. The number of carbonyl (C=O) groups excluding carboxylic acids is 1. The molecule has 0 saturated carbocycles. The van der Waals surface area contributed by atoms with E-state index in [2.05, 4.69) is 5.32 Å². The number of hydrogen-bond donors (Lipinski definition) is 1. The Bertz CT molecular complexity index is 830. The van der Waals surface area contributed by atoms with Crippen molar-refractivity contribution in [2.45, 2.75) is 6.92 Å². The molecule has 0 aliphatic heterocycles. The van der Waals surface area contributed by atoms with Crippen LogP contribution in [0.3, 0.4) is 0 Å². The van der Waals surface area contributed by atoms with Gasteiger partial charge in [0.15, 0.2) is 0 Å². The molecular formula is C18H14NNaO2. The van der Waals surface area contributed by atoms with E-state index in [1.165, 1.54) is 6.07 Å². The van der Waals surface area contributed by atoms with Crippen LogP contribution in [-0.4, -0.2) is 5.91 Å². The van der Waals surface area contributed by atoms with Gasteiger partial charge in [-0.3, -0.25) is 4.79 Å². The van der Waals surface area contributed by atoms with Crippen LogP contribution in [0.2, 0.25) is 0 Å². The third-order valence-corrected chi connectivity index (χ3v) is 3.49. The van der Waals surface area contributed by atoms with Gasteiger partial charge in [-0.05, 0) is 35.4 Å². The van der Waals surface area contributed by atoms with Gasteiger partial charge in [-0.2, -0.15) is 0 Å². The van der Waals surface area contributed by atoms with E-state index in [0.29, 0.717) is 0 Å². The van der Waals surface area contributed by atoms with Gasteiger partial charge in [-0.15, -0.1) is 0 Å². The molecule has 1 amide bonds. The van der Waals surface area contributed by atoms with Crippen molar-refractivity contribution in [2.75, 3.05) is 5.32 Å². The summed E-state index contributed by atoms with van der Waals surface area (Å²) in [5, 5.41) is 16.6. The number of aryl methyl sites for hydroxylation is 1. The van der Waals surface area contributed by atoms with Crippen molar-refractivity contribution in [3.8, 4) is 5.75 Å². The van der Waals surface area contributed by atoms with Crippen LogP contribution in [0.25, 0.3) is 10.8 Å². The molecule has 3 aromatic carbocycles. The first kappa shape index (κ1) is 16.6. The van der Waals surface area contributed by atoms with Gasteiger partial charge >= 0.3 is 29.6 Å². The van der Waals surface area contributed by atoms with E-state index in [1.807, 2.05) is 55.5 Å². The Labute approximate surface area is 151 Å². The van der Waals surface area contributed by atoms with Crippen molar-refractivity contribution in [1.82, 2.24) is 0 Å². The third-order valence-electron chi connectivity index (χ3n) is 3.49. The summed E-state index contributed by atoms with van der Waals surface area (Å²) in [5.41, 5.74) is 1.84. The van der Waals surface area contributed by atoms with Crippen LogP contribution in [0.1, 0.15) is 15.9 Å². The van der Waals surface area contributed by atoms with Crippen LogP contribution in [0.5, 0.6) is 5.75 Å². The third kappa shape index (κ3) is 3.33. The van der Waals surface area contributed by atoms with Gasteiger partial charge in [0.25, 0.3) is 5.91 Å². The number of amides is 1. The van der Waals surface area contributed by atoms with E-state index in [9.17, 15) is 9.90 Å². The fourth-order valence-electron chi connectivity index (χ4n) is 2.30. The normalized spacial score (nSPS) is 10.0. The smallest absolute Gasteiger partial charge is 0.872 e. The SMILES string of the molecule is Cc1ccccc1NC(=O)c1cc2ccccc2cc1[O-].[Na+]. The topological polar surface area (TPSA) is 52.2 Å². The second-order valence-corrected chi connectivity index (χ2v) is 4.96. The molecule has 104 valence electrons. The monoisotopic (exact) mass is 299 g/mol. The summed E-state index contributed by atoms with van der Waals surface area (Å²) in [5.74, 6) is -0.639. The molecule has 1 N–H and O–H groups in total. The van der Waals surface area contributed by atoms with Gasteiger partial charge in [0.05, 0.1) is 0 Å². The Balaban J connectivity index is 0.00000176. The molecule has 0 saturated heterocycles. The predicted molar refractivity (Wildman–Crippen MR) is 82.5 cm³/mol. The molecule has 0 aromatic heterocycles. The summed E-state index contributed by atoms with van der Waals surface area (Å²) in [4.78, 5) is 12.3.